The highest BCUT2D eigenvalue weighted by molar-refractivity contribution is 5.74. The number of likely N-dealkylation sites (tertiary alicyclic amines) is 2. The monoisotopic (exact) mass is 253 g/mol. The number of rotatable bonds is 3. The van der Waals surface area contributed by atoms with Gasteiger partial charge in [0.1, 0.15) is 0 Å². The third-order valence-corrected chi connectivity index (χ3v) is 4.10. The lowest BCUT2D eigenvalue weighted by molar-refractivity contribution is 0.165. The van der Waals surface area contributed by atoms with E-state index in [4.69, 9.17) is 0 Å². The lowest BCUT2D eigenvalue weighted by atomic mass is 10.0. The van der Waals surface area contributed by atoms with E-state index < -0.39 is 0 Å². The molecule has 2 fully saturated rings. The highest BCUT2D eigenvalue weighted by Gasteiger charge is 2.23. The van der Waals surface area contributed by atoms with Crippen LogP contribution in [0.25, 0.3) is 0 Å². The summed E-state index contributed by atoms with van der Waals surface area (Å²) in [6, 6.07) is 0.566. The van der Waals surface area contributed by atoms with Gasteiger partial charge >= 0.3 is 6.03 Å². The number of piperidine rings is 2. The van der Waals surface area contributed by atoms with Gasteiger partial charge in [-0.15, -0.1) is 0 Å². The molecule has 0 bridgehead atoms. The van der Waals surface area contributed by atoms with Crippen LogP contribution in [0.15, 0.2) is 0 Å². The van der Waals surface area contributed by atoms with Gasteiger partial charge in [0.2, 0.25) is 0 Å². The Morgan fingerprint density at radius 1 is 1.11 bits per heavy atom. The number of carbonyl (C=O) groups excluding carboxylic acids is 1. The second-order valence-electron chi connectivity index (χ2n) is 5.61. The maximum atomic E-state index is 12.1. The van der Waals surface area contributed by atoms with Crippen molar-refractivity contribution in [2.24, 2.45) is 0 Å². The van der Waals surface area contributed by atoms with Crippen LogP contribution >= 0.6 is 0 Å². The number of urea groups is 1. The summed E-state index contributed by atoms with van der Waals surface area (Å²) < 4.78 is 0. The van der Waals surface area contributed by atoms with Gasteiger partial charge in [0.25, 0.3) is 0 Å². The van der Waals surface area contributed by atoms with E-state index in [0.29, 0.717) is 6.04 Å². The van der Waals surface area contributed by atoms with Gasteiger partial charge in [0.15, 0.2) is 0 Å². The van der Waals surface area contributed by atoms with Crippen molar-refractivity contribution < 1.29 is 4.79 Å². The van der Waals surface area contributed by atoms with Crippen molar-refractivity contribution in [2.75, 3.05) is 32.7 Å². The molecule has 0 aromatic heterocycles. The number of nitrogens with zero attached hydrogens (tertiary/aromatic N) is 2. The molecule has 2 heterocycles. The maximum Gasteiger partial charge on any atom is 0.317 e. The Kier molecular flexibility index (Phi) is 5.29. The van der Waals surface area contributed by atoms with Gasteiger partial charge in [-0.05, 0) is 45.1 Å². The summed E-state index contributed by atoms with van der Waals surface area (Å²) in [7, 11) is 0. The van der Waals surface area contributed by atoms with Crippen LogP contribution in [0.2, 0.25) is 0 Å². The summed E-state index contributed by atoms with van der Waals surface area (Å²) >= 11 is 0. The van der Waals surface area contributed by atoms with E-state index in [-0.39, 0.29) is 6.03 Å². The van der Waals surface area contributed by atoms with Gasteiger partial charge in [0, 0.05) is 32.2 Å². The van der Waals surface area contributed by atoms with Crippen LogP contribution in [-0.2, 0) is 0 Å². The third-order valence-electron chi connectivity index (χ3n) is 4.10. The predicted molar refractivity (Wildman–Crippen MR) is 73.7 cm³/mol. The SMILES string of the molecule is CCCN1CCC(NC(=O)N2CCCCC2)CC1. The topological polar surface area (TPSA) is 35.6 Å². The first kappa shape index (κ1) is 13.7. The summed E-state index contributed by atoms with van der Waals surface area (Å²) in [6.45, 7) is 7.59. The average molecular weight is 253 g/mol. The second-order valence-corrected chi connectivity index (χ2v) is 5.61. The number of nitrogens with one attached hydrogen (secondary N) is 1. The van der Waals surface area contributed by atoms with Crippen molar-refractivity contribution in [3.63, 3.8) is 0 Å². The summed E-state index contributed by atoms with van der Waals surface area (Å²) in [5, 5.41) is 3.21. The minimum atomic E-state index is 0.170. The molecule has 2 aliphatic rings. The van der Waals surface area contributed by atoms with E-state index in [9.17, 15) is 4.79 Å². The Morgan fingerprint density at radius 3 is 2.39 bits per heavy atom. The number of hydrogen-bond donors (Lipinski definition) is 1. The summed E-state index contributed by atoms with van der Waals surface area (Å²) in [6.07, 6.45) is 7.06. The van der Waals surface area contributed by atoms with E-state index in [0.717, 1.165) is 39.0 Å². The van der Waals surface area contributed by atoms with Crippen LogP contribution in [-0.4, -0.2) is 54.6 Å². The molecule has 0 atom stereocenters. The zero-order valence-electron chi connectivity index (χ0n) is 11.7. The quantitative estimate of drug-likeness (QED) is 0.835. The molecular formula is C14H27N3O. The molecule has 104 valence electrons. The van der Waals surface area contributed by atoms with E-state index in [1.807, 2.05) is 4.90 Å². The van der Waals surface area contributed by atoms with Crippen LogP contribution in [0, 0.1) is 0 Å². The zero-order chi connectivity index (χ0) is 12.8. The van der Waals surface area contributed by atoms with Gasteiger partial charge in [-0.1, -0.05) is 6.92 Å². The lowest BCUT2D eigenvalue weighted by Crippen LogP contribution is -2.50. The largest absolute Gasteiger partial charge is 0.335 e. The molecule has 4 heteroatoms. The van der Waals surface area contributed by atoms with Gasteiger partial charge in [-0.2, -0.15) is 0 Å². The van der Waals surface area contributed by atoms with E-state index in [1.165, 1.54) is 32.2 Å². The molecular weight excluding hydrogens is 226 g/mol. The summed E-state index contributed by atoms with van der Waals surface area (Å²) in [5.41, 5.74) is 0. The first-order chi connectivity index (χ1) is 8.79. The first-order valence-corrected chi connectivity index (χ1v) is 7.57. The smallest absolute Gasteiger partial charge is 0.317 e. The molecule has 0 spiro atoms. The molecule has 0 aromatic carbocycles. The molecule has 2 rings (SSSR count). The Morgan fingerprint density at radius 2 is 1.78 bits per heavy atom. The van der Waals surface area contributed by atoms with Crippen LogP contribution in [0.3, 0.4) is 0 Å². The molecule has 4 nitrogen and oxygen atoms in total. The van der Waals surface area contributed by atoms with Crippen molar-refractivity contribution in [1.82, 2.24) is 15.1 Å². The molecule has 0 aromatic rings. The molecule has 1 N–H and O–H groups in total. The van der Waals surface area contributed by atoms with Crippen LogP contribution in [0.1, 0.15) is 45.4 Å². The molecule has 2 saturated heterocycles. The third kappa shape index (κ3) is 3.87. The molecule has 18 heavy (non-hydrogen) atoms. The van der Waals surface area contributed by atoms with Crippen LogP contribution < -0.4 is 5.32 Å². The molecule has 0 aliphatic carbocycles. The van der Waals surface area contributed by atoms with Gasteiger partial charge < -0.3 is 15.1 Å². The van der Waals surface area contributed by atoms with E-state index >= 15 is 0 Å². The van der Waals surface area contributed by atoms with Crippen LogP contribution in [0.5, 0.6) is 0 Å². The number of hydrogen-bond acceptors (Lipinski definition) is 2. The first-order valence-electron chi connectivity index (χ1n) is 7.57. The highest BCUT2D eigenvalue weighted by atomic mass is 16.2. The summed E-state index contributed by atoms with van der Waals surface area (Å²) in [4.78, 5) is 16.6. The Balaban J connectivity index is 1.68. The fraction of sp³-hybridized carbons (Fsp3) is 0.929. The highest BCUT2D eigenvalue weighted by Crippen LogP contribution is 2.13. The predicted octanol–water partition coefficient (Wildman–Crippen LogP) is 2.06. The zero-order valence-corrected chi connectivity index (χ0v) is 11.7. The Labute approximate surface area is 111 Å². The lowest BCUT2D eigenvalue weighted by Gasteiger charge is -2.34. The molecule has 2 amide bonds. The average Bonchev–Trinajstić information content (AvgIpc) is 2.42. The fourth-order valence-electron chi connectivity index (χ4n) is 2.98. The maximum absolute atomic E-state index is 12.1. The van der Waals surface area contributed by atoms with E-state index in [1.54, 1.807) is 0 Å². The minimum Gasteiger partial charge on any atom is -0.335 e. The molecule has 0 radical (unpaired) electrons. The molecule has 0 saturated carbocycles. The summed E-state index contributed by atoms with van der Waals surface area (Å²) in [5.74, 6) is 0. The van der Waals surface area contributed by atoms with Crippen molar-refractivity contribution >= 4 is 6.03 Å². The van der Waals surface area contributed by atoms with Gasteiger partial charge in [-0.25, -0.2) is 4.79 Å². The van der Waals surface area contributed by atoms with Gasteiger partial charge in [0.05, 0.1) is 0 Å². The minimum absolute atomic E-state index is 0.170. The standard InChI is InChI=1S/C14H27N3O/c1-2-8-16-11-6-13(7-12-16)15-14(18)17-9-4-3-5-10-17/h13H,2-12H2,1H3,(H,15,18). The number of carbonyl (C=O) groups is 1. The van der Waals surface area contributed by atoms with Gasteiger partial charge in [-0.3, -0.25) is 0 Å². The molecule has 2 aliphatic heterocycles. The van der Waals surface area contributed by atoms with Crippen molar-refractivity contribution in [2.45, 2.75) is 51.5 Å². The Bertz CT molecular complexity index is 256. The van der Waals surface area contributed by atoms with E-state index in [2.05, 4.69) is 17.1 Å². The van der Waals surface area contributed by atoms with Crippen molar-refractivity contribution in [1.29, 1.82) is 0 Å². The van der Waals surface area contributed by atoms with Crippen molar-refractivity contribution in [3.8, 4) is 0 Å². The normalized spacial score (nSPS) is 23.1. The Hall–Kier alpha value is -0.770. The second kappa shape index (κ2) is 6.98. The molecule has 0 unspecified atom stereocenters. The fourth-order valence-corrected chi connectivity index (χ4v) is 2.98. The van der Waals surface area contributed by atoms with Crippen molar-refractivity contribution in [3.05, 3.63) is 0 Å². The number of amides is 2. The van der Waals surface area contributed by atoms with Crippen LogP contribution in [0.4, 0.5) is 4.79 Å².